The first kappa shape index (κ1) is 12.9. The van der Waals surface area contributed by atoms with Gasteiger partial charge < -0.3 is 14.7 Å². The summed E-state index contributed by atoms with van der Waals surface area (Å²) in [6, 6.07) is 0.643. The van der Waals surface area contributed by atoms with E-state index in [1.165, 1.54) is 6.42 Å². The molecule has 15 heavy (non-hydrogen) atoms. The van der Waals surface area contributed by atoms with Gasteiger partial charge in [-0.1, -0.05) is 0 Å². The average Bonchev–Trinajstić information content (AvgIpc) is 2.63. The predicted octanol–water partition coefficient (Wildman–Crippen LogP) is 0.0197. The van der Waals surface area contributed by atoms with Crippen LogP contribution in [-0.4, -0.2) is 74.0 Å². The molecule has 0 aliphatic carbocycles. The van der Waals surface area contributed by atoms with Crippen molar-refractivity contribution in [2.75, 3.05) is 46.9 Å². The van der Waals surface area contributed by atoms with E-state index < -0.39 is 0 Å². The zero-order valence-corrected chi connectivity index (χ0v) is 10.1. The Labute approximate surface area is 92.8 Å². The Morgan fingerprint density at radius 3 is 2.80 bits per heavy atom. The molecule has 0 spiro atoms. The number of likely N-dealkylation sites (N-methyl/N-ethyl adjacent to an activating group) is 1. The van der Waals surface area contributed by atoms with Crippen LogP contribution < -0.4 is 0 Å². The monoisotopic (exact) mass is 216 g/mol. The fraction of sp³-hybridized carbons (Fsp3) is 1.00. The Kier molecular flexibility index (Phi) is 5.53. The fourth-order valence-electron chi connectivity index (χ4n) is 2.00. The maximum Gasteiger partial charge on any atom is 0.0900 e. The highest BCUT2D eigenvalue weighted by molar-refractivity contribution is 4.81. The van der Waals surface area contributed by atoms with Gasteiger partial charge in [0.25, 0.3) is 0 Å². The van der Waals surface area contributed by atoms with E-state index >= 15 is 0 Å². The van der Waals surface area contributed by atoms with Crippen LogP contribution in [0.1, 0.15) is 13.3 Å². The van der Waals surface area contributed by atoms with Crippen LogP contribution >= 0.6 is 0 Å². The first-order valence-electron chi connectivity index (χ1n) is 5.78. The lowest BCUT2D eigenvalue weighted by molar-refractivity contribution is 0.0243. The van der Waals surface area contributed by atoms with E-state index in [0.717, 1.165) is 19.6 Å². The summed E-state index contributed by atoms with van der Waals surface area (Å²) in [6.07, 6.45) is 0.861. The van der Waals surface area contributed by atoms with Gasteiger partial charge in [-0.2, -0.15) is 0 Å². The summed E-state index contributed by atoms with van der Waals surface area (Å²) < 4.78 is 5.19. The van der Waals surface area contributed by atoms with Crippen LogP contribution in [0.15, 0.2) is 0 Å². The van der Waals surface area contributed by atoms with Crippen molar-refractivity contribution in [3.63, 3.8) is 0 Å². The van der Waals surface area contributed by atoms with Gasteiger partial charge in [0.05, 0.1) is 12.7 Å². The summed E-state index contributed by atoms with van der Waals surface area (Å²) in [7, 11) is 4.23. The van der Waals surface area contributed by atoms with Gasteiger partial charge in [0.1, 0.15) is 0 Å². The number of nitrogens with zero attached hydrogens (tertiary/aromatic N) is 2. The van der Waals surface area contributed by atoms with Crippen LogP contribution in [0.3, 0.4) is 0 Å². The Morgan fingerprint density at radius 1 is 1.53 bits per heavy atom. The first-order valence-corrected chi connectivity index (χ1v) is 5.78. The van der Waals surface area contributed by atoms with Gasteiger partial charge >= 0.3 is 0 Å². The molecule has 1 rings (SSSR count). The molecule has 2 unspecified atom stereocenters. The van der Waals surface area contributed by atoms with Crippen molar-refractivity contribution in [2.24, 2.45) is 0 Å². The van der Waals surface area contributed by atoms with Gasteiger partial charge in [-0.3, -0.25) is 4.90 Å². The molecule has 0 amide bonds. The van der Waals surface area contributed by atoms with Crippen molar-refractivity contribution in [3.05, 3.63) is 0 Å². The van der Waals surface area contributed by atoms with Gasteiger partial charge in [0.15, 0.2) is 0 Å². The van der Waals surface area contributed by atoms with Gasteiger partial charge in [-0.05, 0) is 34.0 Å². The number of hydrogen-bond donors (Lipinski definition) is 1. The van der Waals surface area contributed by atoms with Crippen LogP contribution in [0.4, 0.5) is 0 Å². The van der Waals surface area contributed by atoms with Crippen LogP contribution in [0, 0.1) is 0 Å². The largest absolute Gasteiger partial charge is 0.389 e. The number of ether oxygens (including phenoxy) is 1. The molecule has 1 N–H and O–H groups in total. The first-order chi connectivity index (χ1) is 7.13. The molecular formula is C11H24N2O2. The van der Waals surface area contributed by atoms with E-state index in [-0.39, 0.29) is 6.10 Å². The van der Waals surface area contributed by atoms with Gasteiger partial charge in [-0.15, -0.1) is 0 Å². The normalized spacial score (nSPS) is 25.0. The smallest absolute Gasteiger partial charge is 0.0900 e. The van der Waals surface area contributed by atoms with E-state index in [1.807, 2.05) is 6.92 Å². The molecule has 1 heterocycles. The zero-order valence-electron chi connectivity index (χ0n) is 10.1. The third kappa shape index (κ3) is 4.47. The topological polar surface area (TPSA) is 35.9 Å². The molecule has 0 radical (unpaired) electrons. The highest BCUT2D eigenvalue weighted by atomic mass is 16.5. The lowest BCUT2D eigenvalue weighted by atomic mass is 10.2. The van der Waals surface area contributed by atoms with Crippen LogP contribution in [0.2, 0.25) is 0 Å². The van der Waals surface area contributed by atoms with Crippen LogP contribution in [0.5, 0.6) is 0 Å². The second-order valence-electron chi connectivity index (χ2n) is 4.48. The van der Waals surface area contributed by atoms with Crippen molar-refractivity contribution in [2.45, 2.75) is 25.5 Å². The molecule has 1 aliphatic rings. The summed E-state index contributed by atoms with van der Waals surface area (Å²) in [6.45, 7) is 5.98. The van der Waals surface area contributed by atoms with E-state index in [2.05, 4.69) is 23.9 Å². The zero-order chi connectivity index (χ0) is 11.3. The summed E-state index contributed by atoms with van der Waals surface area (Å²) >= 11 is 0. The van der Waals surface area contributed by atoms with Crippen LogP contribution in [0.25, 0.3) is 0 Å². The average molecular weight is 216 g/mol. The minimum absolute atomic E-state index is 0.342. The molecule has 1 fully saturated rings. The van der Waals surface area contributed by atoms with Crippen LogP contribution in [-0.2, 0) is 4.74 Å². The number of aliphatic hydroxyl groups excluding tert-OH is 1. The molecule has 2 atom stereocenters. The maximum absolute atomic E-state index is 9.69. The fourth-order valence-corrected chi connectivity index (χ4v) is 2.00. The molecule has 4 heteroatoms. The second kappa shape index (κ2) is 6.43. The lowest BCUT2D eigenvalue weighted by Crippen LogP contribution is -2.36. The molecule has 0 saturated carbocycles. The van der Waals surface area contributed by atoms with Crippen molar-refractivity contribution in [1.82, 2.24) is 9.80 Å². The number of rotatable bonds is 6. The minimum Gasteiger partial charge on any atom is -0.389 e. The van der Waals surface area contributed by atoms with E-state index in [4.69, 9.17) is 4.74 Å². The maximum atomic E-state index is 9.69. The number of aliphatic hydroxyl groups is 1. The van der Waals surface area contributed by atoms with Gasteiger partial charge in [0.2, 0.25) is 0 Å². The van der Waals surface area contributed by atoms with Gasteiger partial charge in [0, 0.05) is 25.7 Å². The third-order valence-electron chi connectivity index (χ3n) is 2.96. The Bertz CT molecular complexity index is 176. The molecule has 4 nitrogen and oxygen atoms in total. The molecule has 90 valence electrons. The number of likely N-dealkylation sites (tertiary alicyclic amines) is 1. The number of hydrogen-bond acceptors (Lipinski definition) is 4. The quantitative estimate of drug-likeness (QED) is 0.679. The molecule has 0 aromatic carbocycles. The van der Waals surface area contributed by atoms with Crippen molar-refractivity contribution in [1.29, 1.82) is 0 Å². The summed E-state index contributed by atoms with van der Waals surface area (Å²) in [5.41, 5.74) is 0. The SMILES string of the molecule is CCOCC(O)CN1CCC(N(C)C)C1. The predicted molar refractivity (Wildman–Crippen MR) is 61.0 cm³/mol. The minimum atomic E-state index is -0.342. The molecule has 0 aromatic rings. The highest BCUT2D eigenvalue weighted by Crippen LogP contribution is 2.13. The standard InChI is InChI=1S/C11H24N2O2/c1-4-15-9-11(14)8-13-6-5-10(7-13)12(2)3/h10-11,14H,4-9H2,1-3H3. The molecule has 1 aliphatic heterocycles. The highest BCUT2D eigenvalue weighted by Gasteiger charge is 2.25. The molecule has 1 saturated heterocycles. The Balaban J connectivity index is 2.17. The van der Waals surface area contributed by atoms with Crippen molar-refractivity contribution < 1.29 is 9.84 Å². The van der Waals surface area contributed by atoms with Crippen molar-refractivity contribution in [3.8, 4) is 0 Å². The summed E-state index contributed by atoms with van der Waals surface area (Å²) in [5.74, 6) is 0. The summed E-state index contributed by atoms with van der Waals surface area (Å²) in [5, 5.41) is 9.69. The second-order valence-corrected chi connectivity index (χ2v) is 4.48. The Morgan fingerprint density at radius 2 is 2.27 bits per heavy atom. The third-order valence-corrected chi connectivity index (χ3v) is 2.96. The lowest BCUT2D eigenvalue weighted by Gasteiger charge is -2.22. The molecule has 0 aromatic heterocycles. The number of β-amino-alcohol motifs (C(OH)–C–C–N with tert-alkyl or cyclic N) is 1. The van der Waals surface area contributed by atoms with E-state index in [0.29, 0.717) is 19.3 Å². The van der Waals surface area contributed by atoms with E-state index in [9.17, 15) is 5.11 Å². The van der Waals surface area contributed by atoms with E-state index in [1.54, 1.807) is 0 Å². The van der Waals surface area contributed by atoms with Crippen molar-refractivity contribution >= 4 is 0 Å². The van der Waals surface area contributed by atoms with Gasteiger partial charge in [-0.25, -0.2) is 0 Å². The molecular weight excluding hydrogens is 192 g/mol. The summed E-state index contributed by atoms with van der Waals surface area (Å²) in [4.78, 5) is 4.57. The molecule has 0 bridgehead atoms. The Hall–Kier alpha value is -0.160.